The number of esters is 2. The van der Waals surface area contributed by atoms with Crippen LogP contribution in [-0.2, 0) is 19.1 Å². The molecule has 0 amide bonds. The van der Waals surface area contributed by atoms with Crippen LogP contribution < -0.4 is 0 Å². The van der Waals surface area contributed by atoms with E-state index in [1.165, 1.54) is 0 Å². The minimum atomic E-state index is -1.04. The number of carbonyl (C=O) groups is 2. The molecule has 0 radical (unpaired) electrons. The molecule has 1 aromatic rings. The number of hydrogen-bond donors (Lipinski definition) is 0. The van der Waals surface area contributed by atoms with E-state index in [9.17, 15) is 9.59 Å². The van der Waals surface area contributed by atoms with Gasteiger partial charge in [0.05, 0.1) is 6.61 Å². The third-order valence-electron chi connectivity index (χ3n) is 2.18. The van der Waals surface area contributed by atoms with E-state index in [2.05, 4.69) is 9.53 Å². The van der Waals surface area contributed by atoms with Gasteiger partial charge in [-0.15, -0.1) is 0 Å². The lowest BCUT2D eigenvalue weighted by molar-refractivity contribution is -0.148. The Balaban J connectivity index is 2.49. The van der Waals surface area contributed by atoms with Crippen LogP contribution >= 0.6 is 0 Å². The van der Waals surface area contributed by atoms with Crippen LogP contribution in [0.5, 0.6) is 0 Å². The van der Waals surface area contributed by atoms with Crippen LogP contribution in [0.15, 0.2) is 36.4 Å². The Morgan fingerprint density at radius 2 is 1.85 bits per heavy atom. The van der Waals surface area contributed by atoms with Crippen LogP contribution in [0, 0.1) is 0 Å². The van der Waals surface area contributed by atoms with Gasteiger partial charge in [-0.25, -0.2) is 9.59 Å². The Kier molecular flexibility index (Phi) is 6.44. The standard InChI is InChI=1S/C14H14N2O4/c1-2-19-13(17)12(16-15)14(18)20-10-6-9-11-7-4-3-5-8-11/h3-9H,2,10H2,1H3/b9-6+. The second kappa shape index (κ2) is 8.39. The predicted octanol–water partition coefficient (Wildman–Crippen LogP) is 1.48. The largest absolute Gasteiger partial charge is 0.482 e. The zero-order chi connectivity index (χ0) is 14.8. The maximum atomic E-state index is 11.5. The van der Waals surface area contributed by atoms with Crippen molar-refractivity contribution in [2.24, 2.45) is 0 Å². The molecule has 0 aliphatic carbocycles. The maximum Gasteiger partial charge on any atom is 0.482 e. The van der Waals surface area contributed by atoms with Crippen molar-refractivity contribution in [3.8, 4) is 0 Å². The van der Waals surface area contributed by atoms with Crippen LogP contribution in [0.1, 0.15) is 12.5 Å². The Bertz CT molecular complexity index is 546. The molecule has 0 saturated heterocycles. The van der Waals surface area contributed by atoms with Gasteiger partial charge in [0.2, 0.25) is 0 Å². The van der Waals surface area contributed by atoms with Crippen molar-refractivity contribution in [1.82, 2.24) is 0 Å². The third-order valence-corrected chi connectivity index (χ3v) is 2.18. The van der Waals surface area contributed by atoms with E-state index in [1.54, 1.807) is 19.1 Å². The summed E-state index contributed by atoms with van der Waals surface area (Å²) < 4.78 is 9.31. The van der Waals surface area contributed by atoms with Crippen molar-refractivity contribution in [3.63, 3.8) is 0 Å². The van der Waals surface area contributed by atoms with E-state index >= 15 is 0 Å². The van der Waals surface area contributed by atoms with Crippen LogP contribution in [0.2, 0.25) is 0 Å². The van der Waals surface area contributed by atoms with Crippen molar-refractivity contribution in [3.05, 3.63) is 47.5 Å². The Hall–Kier alpha value is -2.72. The van der Waals surface area contributed by atoms with Gasteiger partial charge in [0, 0.05) is 0 Å². The summed E-state index contributed by atoms with van der Waals surface area (Å²) in [6.07, 6.45) is 3.36. The monoisotopic (exact) mass is 274 g/mol. The summed E-state index contributed by atoms with van der Waals surface area (Å²) in [5.41, 5.74) is 8.77. The molecule has 0 unspecified atom stereocenters. The SMILES string of the molecule is CCOC(=O)C(=[N+]=[N-])C(=O)OC/C=C/c1ccccc1. The van der Waals surface area contributed by atoms with E-state index in [0.717, 1.165) is 5.56 Å². The first-order chi connectivity index (χ1) is 9.69. The Labute approximate surface area is 116 Å². The Morgan fingerprint density at radius 3 is 2.45 bits per heavy atom. The zero-order valence-electron chi connectivity index (χ0n) is 11.0. The fourth-order valence-electron chi connectivity index (χ4n) is 1.30. The fourth-order valence-corrected chi connectivity index (χ4v) is 1.30. The molecule has 20 heavy (non-hydrogen) atoms. The average molecular weight is 274 g/mol. The second-order valence-electron chi connectivity index (χ2n) is 3.58. The van der Waals surface area contributed by atoms with Gasteiger partial charge in [0.25, 0.3) is 0 Å². The zero-order valence-corrected chi connectivity index (χ0v) is 11.0. The maximum absolute atomic E-state index is 11.5. The minimum Gasteiger partial charge on any atom is -0.457 e. The highest BCUT2D eigenvalue weighted by atomic mass is 16.6. The van der Waals surface area contributed by atoms with Crippen LogP contribution in [0.25, 0.3) is 11.6 Å². The average Bonchev–Trinajstić information content (AvgIpc) is 2.46. The summed E-state index contributed by atoms with van der Waals surface area (Å²) >= 11 is 0. The number of hydrogen-bond acceptors (Lipinski definition) is 4. The molecule has 1 rings (SSSR count). The highest BCUT2D eigenvalue weighted by molar-refractivity contribution is 6.60. The van der Waals surface area contributed by atoms with Gasteiger partial charge >= 0.3 is 17.7 Å². The molecule has 0 N–H and O–H groups in total. The topological polar surface area (TPSA) is 89.0 Å². The Morgan fingerprint density at radius 1 is 1.20 bits per heavy atom. The van der Waals surface area contributed by atoms with E-state index in [0.29, 0.717) is 0 Å². The predicted molar refractivity (Wildman–Crippen MR) is 71.7 cm³/mol. The van der Waals surface area contributed by atoms with Gasteiger partial charge in [-0.05, 0) is 18.6 Å². The van der Waals surface area contributed by atoms with E-state index < -0.39 is 17.7 Å². The highest BCUT2D eigenvalue weighted by Crippen LogP contribution is 2.00. The molecular weight excluding hydrogens is 260 g/mol. The molecule has 0 aliphatic heterocycles. The highest BCUT2D eigenvalue weighted by Gasteiger charge is 2.32. The van der Waals surface area contributed by atoms with Gasteiger partial charge in [-0.1, -0.05) is 36.4 Å². The first kappa shape index (κ1) is 15.3. The summed E-state index contributed by atoms with van der Waals surface area (Å²) in [4.78, 5) is 25.3. The smallest absolute Gasteiger partial charge is 0.457 e. The number of benzene rings is 1. The molecule has 0 saturated carbocycles. The lowest BCUT2D eigenvalue weighted by atomic mass is 10.2. The molecule has 0 atom stereocenters. The molecule has 0 aliphatic rings. The first-order valence-corrected chi connectivity index (χ1v) is 5.97. The van der Waals surface area contributed by atoms with Crippen LogP contribution in [0.4, 0.5) is 0 Å². The molecule has 6 heteroatoms. The normalized spacial score (nSPS) is 9.85. The molecular formula is C14H14N2O4. The van der Waals surface area contributed by atoms with Gasteiger partial charge in [0.1, 0.15) is 6.61 Å². The van der Waals surface area contributed by atoms with Crippen LogP contribution in [0.3, 0.4) is 0 Å². The lowest BCUT2D eigenvalue weighted by Crippen LogP contribution is -2.29. The molecule has 1 aromatic carbocycles. The van der Waals surface area contributed by atoms with Crippen molar-refractivity contribution in [2.75, 3.05) is 13.2 Å². The molecule has 0 heterocycles. The van der Waals surface area contributed by atoms with Crippen molar-refractivity contribution in [2.45, 2.75) is 6.92 Å². The van der Waals surface area contributed by atoms with Crippen molar-refractivity contribution < 1.29 is 23.9 Å². The number of rotatable bonds is 6. The molecule has 0 spiro atoms. The summed E-state index contributed by atoms with van der Waals surface area (Å²) in [7, 11) is 0. The van der Waals surface area contributed by atoms with Gasteiger partial charge in [0.15, 0.2) is 0 Å². The number of carbonyl (C=O) groups excluding carboxylic acids is 2. The van der Waals surface area contributed by atoms with Gasteiger partial charge < -0.3 is 15.0 Å². The molecule has 0 aromatic heterocycles. The number of nitrogens with zero attached hydrogens (tertiary/aromatic N) is 2. The molecule has 6 nitrogen and oxygen atoms in total. The van der Waals surface area contributed by atoms with E-state index in [1.807, 2.05) is 30.3 Å². The third kappa shape index (κ3) is 4.88. The van der Waals surface area contributed by atoms with Crippen molar-refractivity contribution in [1.29, 1.82) is 0 Å². The molecule has 104 valence electrons. The summed E-state index contributed by atoms with van der Waals surface area (Å²) in [6.45, 7) is 1.59. The molecule has 0 bridgehead atoms. The summed E-state index contributed by atoms with van der Waals surface area (Å²) in [6, 6.07) is 9.42. The quantitative estimate of drug-likeness (QED) is 0.258. The van der Waals surface area contributed by atoms with E-state index in [-0.39, 0.29) is 13.2 Å². The minimum absolute atomic E-state index is 0.0495. The van der Waals surface area contributed by atoms with Crippen molar-refractivity contribution >= 4 is 23.7 Å². The van der Waals surface area contributed by atoms with E-state index in [4.69, 9.17) is 10.3 Å². The van der Waals surface area contributed by atoms with Gasteiger partial charge in [-0.3, -0.25) is 0 Å². The summed E-state index contributed by atoms with van der Waals surface area (Å²) in [5, 5.41) is 0. The first-order valence-electron chi connectivity index (χ1n) is 5.97. The molecule has 0 fully saturated rings. The summed E-state index contributed by atoms with van der Waals surface area (Å²) in [5.74, 6) is -2.06. The second-order valence-corrected chi connectivity index (χ2v) is 3.58. The number of ether oxygens (including phenoxy) is 2. The van der Waals surface area contributed by atoms with Crippen LogP contribution in [-0.4, -0.2) is 35.7 Å². The lowest BCUT2D eigenvalue weighted by Gasteiger charge is -1.98. The fraction of sp³-hybridized carbons (Fsp3) is 0.214. The van der Waals surface area contributed by atoms with Gasteiger partial charge in [-0.2, -0.15) is 4.79 Å².